The number of ether oxygens (including phenoxy) is 1. The fraction of sp³-hybridized carbons (Fsp3) is 0.353. The molecule has 23 heavy (non-hydrogen) atoms. The molecule has 0 atom stereocenters. The maximum atomic E-state index is 12.4. The monoisotopic (exact) mass is 312 g/mol. The Balaban J connectivity index is 1.61. The summed E-state index contributed by atoms with van der Waals surface area (Å²) in [5.74, 6) is 0.799. The fourth-order valence-corrected chi connectivity index (χ4v) is 2.64. The molecule has 1 amide bonds. The van der Waals surface area contributed by atoms with Crippen LogP contribution in [0.4, 0.5) is 5.69 Å². The van der Waals surface area contributed by atoms with E-state index in [1.54, 1.807) is 13.2 Å². The summed E-state index contributed by atoms with van der Waals surface area (Å²) in [6, 6.07) is 11.5. The highest BCUT2D eigenvalue weighted by molar-refractivity contribution is 5.92. The third kappa shape index (κ3) is 3.41. The quantitative estimate of drug-likeness (QED) is 0.864. The van der Waals surface area contributed by atoms with E-state index in [2.05, 4.69) is 15.1 Å². The summed E-state index contributed by atoms with van der Waals surface area (Å²) in [5, 5.41) is 7.94. The number of carbonyl (C=O) groups is 1. The SMILES string of the molecule is COc1ccc(N2CCN(C(=O)c3ccc(C)nn3)CC2)cc1. The number of aryl methyl sites for hydroxylation is 1. The van der Waals surface area contributed by atoms with Crippen molar-refractivity contribution in [3.05, 3.63) is 47.8 Å². The van der Waals surface area contributed by atoms with E-state index in [1.807, 2.05) is 42.2 Å². The van der Waals surface area contributed by atoms with Gasteiger partial charge in [0.05, 0.1) is 12.8 Å². The van der Waals surface area contributed by atoms with Crippen LogP contribution in [0.3, 0.4) is 0 Å². The zero-order chi connectivity index (χ0) is 16.2. The molecule has 1 aliphatic heterocycles. The lowest BCUT2D eigenvalue weighted by atomic mass is 10.2. The van der Waals surface area contributed by atoms with Gasteiger partial charge in [0, 0.05) is 31.9 Å². The lowest BCUT2D eigenvalue weighted by Crippen LogP contribution is -2.49. The minimum Gasteiger partial charge on any atom is -0.497 e. The fourth-order valence-electron chi connectivity index (χ4n) is 2.64. The molecule has 1 aromatic carbocycles. The Kier molecular flexibility index (Phi) is 4.41. The summed E-state index contributed by atoms with van der Waals surface area (Å²) in [6.45, 7) is 4.82. The van der Waals surface area contributed by atoms with Crippen molar-refractivity contribution in [2.75, 3.05) is 38.2 Å². The second kappa shape index (κ2) is 6.64. The Labute approximate surface area is 135 Å². The number of aromatic nitrogens is 2. The molecule has 2 heterocycles. The number of hydrogen-bond acceptors (Lipinski definition) is 5. The van der Waals surface area contributed by atoms with Crippen LogP contribution in [0.15, 0.2) is 36.4 Å². The van der Waals surface area contributed by atoms with Gasteiger partial charge in [-0.05, 0) is 43.3 Å². The Morgan fingerprint density at radius 2 is 1.70 bits per heavy atom. The molecule has 0 aliphatic carbocycles. The molecule has 1 aromatic heterocycles. The highest BCUT2D eigenvalue weighted by Crippen LogP contribution is 2.20. The van der Waals surface area contributed by atoms with E-state index in [9.17, 15) is 4.79 Å². The number of anilines is 1. The molecule has 1 fully saturated rings. The van der Waals surface area contributed by atoms with Crippen molar-refractivity contribution < 1.29 is 9.53 Å². The third-order valence-electron chi connectivity index (χ3n) is 4.02. The summed E-state index contributed by atoms with van der Waals surface area (Å²) < 4.78 is 5.18. The van der Waals surface area contributed by atoms with Crippen LogP contribution in [0.2, 0.25) is 0 Å². The zero-order valence-corrected chi connectivity index (χ0v) is 13.4. The highest BCUT2D eigenvalue weighted by Gasteiger charge is 2.23. The normalized spacial score (nSPS) is 14.7. The standard InChI is InChI=1S/C17H20N4O2/c1-13-3-8-16(19-18-13)17(22)21-11-9-20(10-12-21)14-4-6-15(23-2)7-5-14/h3-8H,9-12H2,1-2H3. The Morgan fingerprint density at radius 1 is 1.00 bits per heavy atom. The highest BCUT2D eigenvalue weighted by atomic mass is 16.5. The van der Waals surface area contributed by atoms with Crippen molar-refractivity contribution in [1.29, 1.82) is 0 Å². The van der Waals surface area contributed by atoms with E-state index in [0.717, 1.165) is 30.2 Å². The largest absolute Gasteiger partial charge is 0.497 e. The van der Waals surface area contributed by atoms with Gasteiger partial charge in [0.1, 0.15) is 5.75 Å². The Hall–Kier alpha value is -2.63. The number of nitrogens with zero attached hydrogens (tertiary/aromatic N) is 4. The molecule has 1 saturated heterocycles. The van der Waals surface area contributed by atoms with Crippen LogP contribution in [-0.2, 0) is 0 Å². The molecule has 3 rings (SSSR count). The molecule has 0 bridgehead atoms. The van der Waals surface area contributed by atoms with Crippen LogP contribution in [0.1, 0.15) is 16.2 Å². The van der Waals surface area contributed by atoms with Gasteiger partial charge in [-0.25, -0.2) is 0 Å². The zero-order valence-electron chi connectivity index (χ0n) is 13.4. The van der Waals surface area contributed by atoms with Crippen molar-refractivity contribution in [3.63, 3.8) is 0 Å². The van der Waals surface area contributed by atoms with Crippen molar-refractivity contribution in [2.24, 2.45) is 0 Å². The van der Waals surface area contributed by atoms with Crippen molar-refractivity contribution in [2.45, 2.75) is 6.92 Å². The number of piperazine rings is 1. The van der Waals surface area contributed by atoms with Crippen LogP contribution in [0.5, 0.6) is 5.75 Å². The van der Waals surface area contributed by atoms with Crippen LogP contribution < -0.4 is 9.64 Å². The van der Waals surface area contributed by atoms with Crippen molar-refractivity contribution in [3.8, 4) is 5.75 Å². The predicted molar refractivity (Wildman–Crippen MR) is 87.9 cm³/mol. The van der Waals surface area contributed by atoms with Crippen LogP contribution >= 0.6 is 0 Å². The molecule has 6 nitrogen and oxygen atoms in total. The first kappa shape index (κ1) is 15.3. The molecular weight excluding hydrogens is 292 g/mol. The number of methoxy groups -OCH3 is 1. The summed E-state index contributed by atoms with van der Waals surface area (Å²) in [5.41, 5.74) is 2.37. The van der Waals surface area contributed by atoms with Gasteiger partial charge in [-0.15, -0.1) is 5.10 Å². The summed E-state index contributed by atoms with van der Waals surface area (Å²) in [6.07, 6.45) is 0. The number of amides is 1. The van der Waals surface area contributed by atoms with Gasteiger partial charge in [0.25, 0.3) is 5.91 Å². The molecule has 1 aliphatic rings. The lowest BCUT2D eigenvalue weighted by molar-refractivity contribution is 0.0739. The second-order valence-electron chi connectivity index (χ2n) is 5.54. The average Bonchev–Trinajstić information content (AvgIpc) is 2.62. The molecule has 0 radical (unpaired) electrons. The van der Waals surface area contributed by atoms with Gasteiger partial charge in [-0.3, -0.25) is 4.79 Å². The van der Waals surface area contributed by atoms with Crippen LogP contribution in [0, 0.1) is 6.92 Å². The topological polar surface area (TPSA) is 58.6 Å². The van der Waals surface area contributed by atoms with Gasteiger partial charge in [0.2, 0.25) is 0 Å². The lowest BCUT2D eigenvalue weighted by Gasteiger charge is -2.36. The van der Waals surface area contributed by atoms with E-state index >= 15 is 0 Å². The predicted octanol–water partition coefficient (Wildman–Crippen LogP) is 1.76. The first-order valence-electron chi connectivity index (χ1n) is 7.66. The van der Waals surface area contributed by atoms with Crippen molar-refractivity contribution >= 4 is 11.6 Å². The molecule has 0 N–H and O–H groups in total. The van der Waals surface area contributed by atoms with E-state index in [0.29, 0.717) is 18.8 Å². The number of benzene rings is 1. The van der Waals surface area contributed by atoms with Crippen molar-refractivity contribution in [1.82, 2.24) is 15.1 Å². The van der Waals surface area contributed by atoms with E-state index in [1.165, 1.54) is 0 Å². The van der Waals surface area contributed by atoms with Crippen LogP contribution in [0.25, 0.3) is 0 Å². The van der Waals surface area contributed by atoms with Gasteiger partial charge < -0.3 is 14.5 Å². The smallest absolute Gasteiger partial charge is 0.274 e. The van der Waals surface area contributed by atoms with Gasteiger partial charge in [-0.1, -0.05) is 0 Å². The van der Waals surface area contributed by atoms with Gasteiger partial charge in [0.15, 0.2) is 5.69 Å². The first-order chi connectivity index (χ1) is 11.2. The third-order valence-corrected chi connectivity index (χ3v) is 4.02. The Morgan fingerprint density at radius 3 is 2.26 bits per heavy atom. The molecular formula is C17H20N4O2. The van der Waals surface area contributed by atoms with E-state index in [4.69, 9.17) is 4.74 Å². The van der Waals surface area contributed by atoms with Crippen LogP contribution in [-0.4, -0.2) is 54.3 Å². The Bertz CT molecular complexity index is 662. The molecule has 2 aromatic rings. The van der Waals surface area contributed by atoms with E-state index < -0.39 is 0 Å². The summed E-state index contributed by atoms with van der Waals surface area (Å²) in [7, 11) is 1.66. The molecule has 0 saturated carbocycles. The maximum absolute atomic E-state index is 12.4. The average molecular weight is 312 g/mol. The summed E-state index contributed by atoms with van der Waals surface area (Å²) in [4.78, 5) is 16.5. The second-order valence-corrected chi connectivity index (χ2v) is 5.54. The molecule has 120 valence electrons. The van der Waals surface area contributed by atoms with Gasteiger partial charge in [-0.2, -0.15) is 5.10 Å². The number of carbonyl (C=O) groups excluding carboxylic acids is 1. The minimum atomic E-state index is -0.0492. The number of hydrogen-bond donors (Lipinski definition) is 0. The van der Waals surface area contributed by atoms with E-state index in [-0.39, 0.29) is 5.91 Å². The van der Waals surface area contributed by atoms with Gasteiger partial charge >= 0.3 is 0 Å². The molecule has 6 heteroatoms. The first-order valence-corrected chi connectivity index (χ1v) is 7.66. The molecule has 0 unspecified atom stereocenters. The summed E-state index contributed by atoms with van der Waals surface area (Å²) >= 11 is 0. The minimum absolute atomic E-state index is 0.0492. The molecule has 0 spiro atoms. The number of rotatable bonds is 3. The maximum Gasteiger partial charge on any atom is 0.274 e.